The lowest BCUT2D eigenvalue weighted by atomic mass is 9.47. The van der Waals surface area contributed by atoms with Gasteiger partial charge in [-0.25, -0.2) is 0 Å². The largest absolute Gasteiger partial charge is 0.370 e. The van der Waals surface area contributed by atoms with E-state index in [1.54, 1.807) is 20.3 Å². The van der Waals surface area contributed by atoms with Crippen molar-refractivity contribution in [3.8, 4) is 0 Å². The molecule has 0 aliphatic heterocycles. The Labute approximate surface area is 119 Å². The van der Waals surface area contributed by atoms with Gasteiger partial charge in [-0.15, -0.1) is 0 Å². The van der Waals surface area contributed by atoms with Crippen LogP contribution in [0.1, 0.15) is 26.7 Å². The van der Waals surface area contributed by atoms with Gasteiger partial charge >= 0.3 is 0 Å². The molecule has 0 N–H and O–H groups in total. The molecule has 4 nitrogen and oxygen atoms in total. The highest BCUT2D eigenvalue weighted by molar-refractivity contribution is 6.00. The molecular formula is C16H22O4. The Balaban J connectivity index is 2.13. The number of Topliss-reactive ketones (excluding diaryl/α,β-unsaturated/α-hetero) is 1. The van der Waals surface area contributed by atoms with Crippen LogP contribution in [0, 0.1) is 23.7 Å². The van der Waals surface area contributed by atoms with Crippen molar-refractivity contribution in [3.63, 3.8) is 0 Å². The highest BCUT2D eigenvalue weighted by atomic mass is 16.5. The first kappa shape index (κ1) is 14.0. The van der Waals surface area contributed by atoms with Crippen molar-refractivity contribution in [2.45, 2.75) is 37.9 Å². The molecule has 20 heavy (non-hydrogen) atoms. The van der Waals surface area contributed by atoms with E-state index in [-0.39, 0.29) is 35.2 Å². The number of ether oxygens (including phenoxy) is 2. The van der Waals surface area contributed by atoms with Gasteiger partial charge < -0.3 is 9.47 Å². The summed E-state index contributed by atoms with van der Waals surface area (Å²) in [6, 6.07) is 0. The lowest BCUT2D eigenvalue weighted by molar-refractivity contribution is -0.203. The molecule has 0 aromatic carbocycles. The predicted molar refractivity (Wildman–Crippen MR) is 73.2 cm³/mol. The summed E-state index contributed by atoms with van der Waals surface area (Å²) in [6.45, 7) is 3.74. The Morgan fingerprint density at radius 3 is 2.35 bits per heavy atom. The van der Waals surface area contributed by atoms with Crippen LogP contribution in [0.15, 0.2) is 12.2 Å². The summed E-state index contributed by atoms with van der Waals surface area (Å²) in [5, 5.41) is 0. The van der Waals surface area contributed by atoms with E-state index in [9.17, 15) is 9.59 Å². The molecule has 0 aromatic heterocycles. The zero-order chi connectivity index (χ0) is 14.7. The molecule has 4 rings (SSSR count). The van der Waals surface area contributed by atoms with Crippen LogP contribution in [0.25, 0.3) is 0 Å². The van der Waals surface area contributed by atoms with Crippen LogP contribution < -0.4 is 0 Å². The van der Waals surface area contributed by atoms with Gasteiger partial charge in [-0.1, -0.05) is 6.08 Å². The fraction of sp³-hybridized carbons (Fsp3) is 0.750. The molecule has 4 heteroatoms. The van der Waals surface area contributed by atoms with Gasteiger partial charge in [-0.2, -0.15) is 0 Å². The third kappa shape index (κ3) is 1.44. The minimum atomic E-state index is -0.844. The summed E-state index contributed by atoms with van der Waals surface area (Å²) in [6.07, 6.45) is 5.34. The van der Waals surface area contributed by atoms with E-state index < -0.39 is 11.2 Å². The Kier molecular flexibility index (Phi) is 2.96. The van der Waals surface area contributed by atoms with Gasteiger partial charge in [-0.05, 0) is 38.7 Å². The summed E-state index contributed by atoms with van der Waals surface area (Å²) in [5.74, 6) is 0.302. The maximum Gasteiger partial charge on any atom is 0.187 e. The van der Waals surface area contributed by atoms with Gasteiger partial charge in [0.15, 0.2) is 11.6 Å². The first-order valence-electron chi connectivity index (χ1n) is 7.27. The van der Waals surface area contributed by atoms with Crippen molar-refractivity contribution >= 4 is 11.6 Å². The Hall–Kier alpha value is -1.00. The fourth-order valence-corrected chi connectivity index (χ4v) is 4.75. The summed E-state index contributed by atoms with van der Waals surface area (Å²) in [7, 11) is 3.18. The molecule has 0 radical (unpaired) electrons. The SMILES string of the molecule is CO[C@]1(C)C(=O)C=C[C@H]2[C@@H]1[C@H]1CC[C@@H]2C(=O)[C@@]1(C)OC. The maximum absolute atomic E-state index is 12.7. The van der Waals surface area contributed by atoms with Crippen LogP contribution >= 0.6 is 0 Å². The number of carbonyl (C=O) groups is 2. The van der Waals surface area contributed by atoms with E-state index in [2.05, 4.69) is 0 Å². The van der Waals surface area contributed by atoms with Crippen molar-refractivity contribution < 1.29 is 19.1 Å². The second-order valence-corrected chi connectivity index (χ2v) is 6.60. The number of ketones is 2. The number of allylic oxidation sites excluding steroid dienone is 1. The molecule has 0 unspecified atom stereocenters. The summed E-state index contributed by atoms with van der Waals surface area (Å²) in [4.78, 5) is 25.0. The molecule has 0 spiro atoms. The third-order valence-corrected chi connectivity index (χ3v) is 6.08. The number of methoxy groups -OCH3 is 2. The fourth-order valence-electron chi connectivity index (χ4n) is 4.75. The number of hydrogen-bond donors (Lipinski definition) is 0. The van der Waals surface area contributed by atoms with E-state index >= 15 is 0 Å². The van der Waals surface area contributed by atoms with Crippen LogP contribution in [0.5, 0.6) is 0 Å². The second-order valence-electron chi connectivity index (χ2n) is 6.60. The number of fused-ring (bicyclic) bond motifs is 2. The van der Waals surface area contributed by atoms with Crippen molar-refractivity contribution in [2.24, 2.45) is 23.7 Å². The van der Waals surface area contributed by atoms with E-state index in [1.807, 2.05) is 19.9 Å². The first-order chi connectivity index (χ1) is 9.40. The van der Waals surface area contributed by atoms with Gasteiger partial charge in [0.2, 0.25) is 0 Å². The summed E-state index contributed by atoms with van der Waals surface area (Å²) < 4.78 is 11.2. The van der Waals surface area contributed by atoms with Crippen molar-refractivity contribution in [3.05, 3.63) is 12.2 Å². The van der Waals surface area contributed by atoms with Crippen molar-refractivity contribution in [1.29, 1.82) is 0 Å². The van der Waals surface area contributed by atoms with Gasteiger partial charge in [-0.3, -0.25) is 9.59 Å². The van der Waals surface area contributed by atoms with Crippen molar-refractivity contribution in [2.75, 3.05) is 14.2 Å². The summed E-state index contributed by atoms with van der Waals surface area (Å²) >= 11 is 0. The number of rotatable bonds is 2. The van der Waals surface area contributed by atoms with Crippen LogP contribution in [0.3, 0.4) is 0 Å². The zero-order valence-corrected chi connectivity index (χ0v) is 12.5. The molecule has 6 atom stereocenters. The van der Waals surface area contributed by atoms with Gasteiger partial charge in [0.25, 0.3) is 0 Å². The van der Waals surface area contributed by atoms with Crippen LogP contribution in [-0.4, -0.2) is 37.0 Å². The van der Waals surface area contributed by atoms with Crippen molar-refractivity contribution in [1.82, 2.24) is 0 Å². The standard InChI is InChI=1S/C16H22O4/c1-15(19-3)11-7-5-10(14(15)18)9-6-8-12(17)16(2,20-4)13(9)11/h6,8-11,13H,5,7H2,1-4H3/t9-,10+,11-,13-,15+,16-/m1/s1. The molecule has 2 bridgehead atoms. The molecular weight excluding hydrogens is 256 g/mol. The minimum Gasteiger partial charge on any atom is -0.370 e. The molecule has 0 aromatic rings. The third-order valence-electron chi connectivity index (χ3n) is 6.08. The maximum atomic E-state index is 12.7. The highest BCUT2D eigenvalue weighted by Gasteiger charge is 2.65. The predicted octanol–water partition coefficient (Wildman–Crippen LogP) is 1.78. The lowest BCUT2D eigenvalue weighted by Crippen LogP contribution is -2.68. The molecule has 0 amide bonds. The summed E-state index contributed by atoms with van der Waals surface area (Å²) in [5.41, 5.74) is -1.63. The minimum absolute atomic E-state index is 0.000276. The Morgan fingerprint density at radius 1 is 1.10 bits per heavy atom. The topological polar surface area (TPSA) is 52.6 Å². The van der Waals surface area contributed by atoms with E-state index in [4.69, 9.17) is 9.47 Å². The van der Waals surface area contributed by atoms with Gasteiger partial charge in [0.05, 0.1) is 0 Å². The highest BCUT2D eigenvalue weighted by Crippen LogP contribution is 2.58. The van der Waals surface area contributed by atoms with Crippen LogP contribution in [0.2, 0.25) is 0 Å². The number of hydrogen-bond acceptors (Lipinski definition) is 4. The van der Waals surface area contributed by atoms with E-state index in [0.29, 0.717) is 0 Å². The monoisotopic (exact) mass is 278 g/mol. The molecule has 3 fully saturated rings. The smallest absolute Gasteiger partial charge is 0.187 e. The van der Waals surface area contributed by atoms with E-state index in [1.165, 1.54) is 0 Å². The average Bonchev–Trinajstić information content (AvgIpc) is 2.47. The lowest BCUT2D eigenvalue weighted by Gasteiger charge is -2.59. The molecule has 0 saturated heterocycles. The van der Waals surface area contributed by atoms with Crippen LogP contribution in [0.4, 0.5) is 0 Å². The average molecular weight is 278 g/mol. The molecule has 3 saturated carbocycles. The Morgan fingerprint density at radius 2 is 1.75 bits per heavy atom. The van der Waals surface area contributed by atoms with Gasteiger partial charge in [0.1, 0.15) is 11.2 Å². The normalized spacial score (nSPS) is 50.4. The van der Waals surface area contributed by atoms with E-state index in [0.717, 1.165) is 12.8 Å². The molecule has 110 valence electrons. The Bertz CT molecular complexity index is 497. The van der Waals surface area contributed by atoms with Crippen LogP contribution in [-0.2, 0) is 19.1 Å². The number of carbonyl (C=O) groups excluding carboxylic acids is 2. The van der Waals surface area contributed by atoms with Gasteiger partial charge in [0, 0.05) is 32.0 Å². The molecule has 0 heterocycles. The second kappa shape index (κ2) is 4.25. The molecule has 4 aliphatic rings. The first-order valence-corrected chi connectivity index (χ1v) is 7.27. The quantitative estimate of drug-likeness (QED) is 0.772. The molecule has 4 aliphatic carbocycles. The zero-order valence-electron chi connectivity index (χ0n) is 12.5.